The SMILES string of the molecule is Cc1ccc(NC(=O)CCc2nc(-c3ccc(S(=O)(=O)N4CCCC4)cc3)no2)cc1Cl. The molecular weight excluding hydrogens is 452 g/mol. The molecule has 1 N–H and O–H groups in total. The fourth-order valence-electron chi connectivity index (χ4n) is 3.44. The van der Waals surface area contributed by atoms with Gasteiger partial charge in [0.1, 0.15) is 0 Å². The average molecular weight is 475 g/mol. The molecule has 2 heterocycles. The highest BCUT2D eigenvalue weighted by Crippen LogP contribution is 2.24. The lowest BCUT2D eigenvalue weighted by molar-refractivity contribution is -0.116. The molecule has 1 aliphatic rings. The Balaban J connectivity index is 1.36. The maximum Gasteiger partial charge on any atom is 0.243 e. The smallest absolute Gasteiger partial charge is 0.243 e. The van der Waals surface area contributed by atoms with Crippen LogP contribution < -0.4 is 5.32 Å². The Kier molecular flexibility index (Phi) is 6.59. The standard InChI is InChI=1S/C22H23ClN4O4S/c1-15-4-7-17(14-19(15)23)24-20(28)10-11-21-25-22(26-31-21)16-5-8-18(9-6-16)32(29,30)27-12-2-3-13-27/h4-9,14H,2-3,10-13H2,1H3,(H,24,28). The highest BCUT2D eigenvalue weighted by atomic mass is 35.5. The lowest BCUT2D eigenvalue weighted by Crippen LogP contribution is -2.27. The third kappa shape index (κ3) is 5.01. The topological polar surface area (TPSA) is 105 Å². The Hall–Kier alpha value is -2.75. The minimum Gasteiger partial charge on any atom is -0.339 e. The van der Waals surface area contributed by atoms with Gasteiger partial charge in [-0.1, -0.05) is 22.8 Å². The highest BCUT2D eigenvalue weighted by molar-refractivity contribution is 7.89. The van der Waals surface area contributed by atoms with Crippen molar-refractivity contribution in [3.05, 3.63) is 58.9 Å². The molecule has 1 aromatic heterocycles. The number of benzene rings is 2. The van der Waals surface area contributed by atoms with Gasteiger partial charge in [0.2, 0.25) is 27.6 Å². The number of hydrogen-bond donors (Lipinski definition) is 1. The zero-order chi connectivity index (χ0) is 22.7. The number of hydrogen-bond acceptors (Lipinski definition) is 6. The predicted octanol–water partition coefficient (Wildman–Crippen LogP) is 4.05. The number of anilines is 1. The zero-order valence-electron chi connectivity index (χ0n) is 17.5. The number of sulfonamides is 1. The van der Waals surface area contributed by atoms with E-state index in [0.717, 1.165) is 18.4 Å². The summed E-state index contributed by atoms with van der Waals surface area (Å²) in [6.07, 6.45) is 2.22. The van der Waals surface area contributed by atoms with Crippen molar-refractivity contribution in [1.82, 2.24) is 14.4 Å². The Morgan fingerprint density at radius 3 is 2.56 bits per heavy atom. The van der Waals surface area contributed by atoms with Crippen LogP contribution in [0.25, 0.3) is 11.4 Å². The van der Waals surface area contributed by atoms with Crippen molar-refractivity contribution < 1.29 is 17.7 Å². The Bertz CT molecular complexity index is 1220. The molecule has 10 heteroatoms. The van der Waals surface area contributed by atoms with Crippen molar-refractivity contribution in [1.29, 1.82) is 0 Å². The number of rotatable bonds is 7. The third-order valence-electron chi connectivity index (χ3n) is 5.30. The summed E-state index contributed by atoms with van der Waals surface area (Å²) in [5.41, 5.74) is 2.20. The molecule has 3 aromatic rings. The molecule has 0 spiro atoms. The molecule has 32 heavy (non-hydrogen) atoms. The second-order valence-corrected chi connectivity index (χ2v) is 10.0. The molecule has 0 atom stereocenters. The fourth-order valence-corrected chi connectivity index (χ4v) is 5.14. The van der Waals surface area contributed by atoms with Gasteiger partial charge in [0.15, 0.2) is 0 Å². The first kappa shape index (κ1) is 22.4. The summed E-state index contributed by atoms with van der Waals surface area (Å²) >= 11 is 6.08. The van der Waals surface area contributed by atoms with Crippen LogP contribution in [0.3, 0.4) is 0 Å². The molecule has 2 aromatic carbocycles. The van der Waals surface area contributed by atoms with E-state index < -0.39 is 10.0 Å². The predicted molar refractivity (Wildman–Crippen MR) is 121 cm³/mol. The lowest BCUT2D eigenvalue weighted by atomic mass is 10.2. The van der Waals surface area contributed by atoms with Crippen LogP contribution in [-0.2, 0) is 21.2 Å². The van der Waals surface area contributed by atoms with Gasteiger partial charge in [0.25, 0.3) is 0 Å². The molecule has 1 aliphatic heterocycles. The number of carbonyl (C=O) groups is 1. The van der Waals surface area contributed by atoms with E-state index in [-0.39, 0.29) is 23.6 Å². The van der Waals surface area contributed by atoms with Gasteiger partial charge in [-0.25, -0.2) is 8.42 Å². The molecule has 168 valence electrons. The van der Waals surface area contributed by atoms with E-state index in [0.29, 0.717) is 41.1 Å². The largest absolute Gasteiger partial charge is 0.339 e. The van der Waals surface area contributed by atoms with Crippen molar-refractivity contribution in [2.45, 2.75) is 37.5 Å². The first-order chi connectivity index (χ1) is 15.3. The second kappa shape index (κ2) is 9.40. The molecule has 1 saturated heterocycles. The Morgan fingerprint density at radius 2 is 1.88 bits per heavy atom. The van der Waals surface area contributed by atoms with Gasteiger partial charge in [-0.15, -0.1) is 0 Å². The Morgan fingerprint density at radius 1 is 1.16 bits per heavy atom. The molecule has 1 fully saturated rings. The number of aryl methyl sites for hydroxylation is 2. The molecule has 0 aliphatic carbocycles. The maximum absolute atomic E-state index is 12.6. The van der Waals surface area contributed by atoms with Crippen LogP contribution >= 0.6 is 11.6 Å². The van der Waals surface area contributed by atoms with Crippen LogP contribution in [0.5, 0.6) is 0 Å². The molecule has 0 unspecified atom stereocenters. The van der Waals surface area contributed by atoms with Crippen molar-refractivity contribution in [2.24, 2.45) is 0 Å². The van der Waals surface area contributed by atoms with Crippen LogP contribution in [-0.4, -0.2) is 41.9 Å². The van der Waals surface area contributed by atoms with Crippen molar-refractivity contribution >= 4 is 33.2 Å². The van der Waals surface area contributed by atoms with Gasteiger partial charge in [-0.2, -0.15) is 9.29 Å². The van der Waals surface area contributed by atoms with Crippen LogP contribution in [0.2, 0.25) is 5.02 Å². The van der Waals surface area contributed by atoms with E-state index >= 15 is 0 Å². The summed E-state index contributed by atoms with van der Waals surface area (Å²) in [5.74, 6) is 0.475. The van der Waals surface area contributed by atoms with E-state index in [1.807, 2.05) is 13.0 Å². The zero-order valence-corrected chi connectivity index (χ0v) is 19.1. The Labute approximate surface area is 191 Å². The molecule has 4 rings (SSSR count). The summed E-state index contributed by atoms with van der Waals surface area (Å²) in [6.45, 7) is 3.01. The average Bonchev–Trinajstić information content (AvgIpc) is 3.48. The minimum absolute atomic E-state index is 0.167. The summed E-state index contributed by atoms with van der Waals surface area (Å²) in [7, 11) is -3.47. The summed E-state index contributed by atoms with van der Waals surface area (Å²) < 4.78 is 32.0. The van der Waals surface area contributed by atoms with E-state index in [1.165, 1.54) is 4.31 Å². The lowest BCUT2D eigenvalue weighted by Gasteiger charge is -2.15. The van der Waals surface area contributed by atoms with Crippen LogP contribution in [0, 0.1) is 6.92 Å². The molecule has 1 amide bonds. The second-order valence-electron chi connectivity index (χ2n) is 7.66. The van der Waals surface area contributed by atoms with Gasteiger partial charge in [0, 0.05) is 42.2 Å². The number of nitrogens with zero attached hydrogens (tertiary/aromatic N) is 3. The highest BCUT2D eigenvalue weighted by Gasteiger charge is 2.27. The van der Waals surface area contributed by atoms with Crippen LogP contribution in [0.15, 0.2) is 51.9 Å². The van der Waals surface area contributed by atoms with Gasteiger partial charge in [0.05, 0.1) is 4.90 Å². The van der Waals surface area contributed by atoms with Gasteiger partial charge >= 0.3 is 0 Å². The molecule has 8 nitrogen and oxygen atoms in total. The normalized spacial score (nSPS) is 14.6. The van der Waals surface area contributed by atoms with E-state index in [2.05, 4.69) is 15.5 Å². The summed E-state index contributed by atoms with van der Waals surface area (Å²) in [5, 5.41) is 7.32. The number of aromatic nitrogens is 2. The van der Waals surface area contributed by atoms with Gasteiger partial charge < -0.3 is 9.84 Å². The first-order valence-corrected chi connectivity index (χ1v) is 12.1. The van der Waals surface area contributed by atoms with Crippen molar-refractivity contribution in [3.63, 3.8) is 0 Å². The van der Waals surface area contributed by atoms with Crippen molar-refractivity contribution in [3.8, 4) is 11.4 Å². The number of carbonyl (C=O) groups excluding carboxylic acids is 1. The quantitative estimate of drug-likeness (QED) is 0.553. The number of halogens is 1. The van der Waals surface area contributed by atoms with Crippen LogP contribution in [0.4, 0.5) is 5.69 Å². The van der Waals surface area contributed by atoms with E-state index in [9.17, 15) is 13.2 Å². The minimum atomic E-state index is -3.47. The molecular formula is C22H23ClN4O4S. The number of nitrogens with one attached hydrogen (secondary N) is 1. The van der Waals surface area contributed by atoms with Gasteiger partial charge in [-0.3, -0.25) is 4.79 Å². The summed E-state index contributed by atoms with van der Waals surface area (Å²) in [4.78, 5) is 16.8. The monoisotopic (exact) mass is 474 g/mol. The first-order valence-electron chi connectivity index (χ1n) is 10.3. The van der Waals surface area contributed by atoms with E-state index in [1.54, 1.807) is 36.4 Å². The van der Waals surface area contributed by atoms with Gasteiger partial charge in [-0.05, 0) is 61.7 Å². The fraction of sp³-hybridized carbons (Fsp3) is 0.318. The van der Waals surface area contributed by atoms with Crippen LogP contribution in [0.1, 0.15) is 30.7 Å². The van der Waals surface area contributed by atoms with Crippen molar-refractivity contribution in [2.75, 3.05) is 18.4 Å². The number of amides is 1. The summed E-state index contributed by atoms with van der Waals surface area (Å²) in [6, 6.07) is 11.8. The molecule has 0 saturated carbocycles. The maximum atomic E-state index is 12.6. The molecule has 0 radical (unpaired) electrons. The molecule has 0 bridgehead atoms. The van der Waals surface area contributed by atoms with E-state index in [4.69, 9.17) is 16.1 Å². The third-order valence-corrected chi connectivity index (χ3v) is 7.62.